The first-order chi connectivity index (χ1) is 14.2. The second-order valence-electron chi connectivity index (χ2n) is 8.07. The lowest BCUT2D eigenvalue weighted by Crippen LogP contribution is -2.42. The highest BCUT2D eigenvalue weighted by molar-refractivity contribution is 6.32. The fraction of sp³-hybridized carbons (Fsp3) is 0.280. The predicted octanol–water partition coefficient (Wildman–Crippen LogP) is 6.08. The monoisotopic (exact) mass is 419 g/mol. The van der Waals surface area contributed by atoms with Gasteiger partial charge in [-0.25, -0.2) is 0 Å². The van der Waals surface area contributed by atoms with Crippen LogP contribution in [0.1, 0.15) is 44.4 Å². The fourth-order valence-corrected chi connectivity index (χ4v) is 3.96. The highest BCUT2D eigenvalue weighted by Crippen LogP contribution is 2.40. The number of nitriles is 1. The van der Waals surface area contributed by atoms with Crippen LogP contribution in [0.2, 0.25) is 5.02 Å². The lowest BCUT2D eigenvalue weighted by Gasteiger charge is -2.40. The Morgan fingerprint density at radius 1 is 1.30 bits per heavy atom. The van der Waals surface area contributed by atoms with Crippen LogP contribution in [0, 0.1) is 11.3 Å². The lowest BCUT2D eigenvalue weighted by atomic mass is 9.88. The average molecular weight is 420 g/mol. The molecule has 2 aromatic carbocycles. The molecule has 0 aromatic heterocycles. The van der Waals surface area contributed by atoms with Crippen LogP contribution >= 0.6 is 11.6 Å². The molecule has 1 heterocycles. The first-order valence-corrected chi connectivity index (χ1v) is 10.3. The van der Waals surface area contributed by atoms with E-state index in [1.807, 2.05) is 56.4 Å². The molecule has 0 bridgehead atoms. The molecule has 154 valence electrons. The van der Waals surface area contributed by atoms with Gasteiger partial charge in [0.05, 0.1) is 5.54 Å². The third kappa shape index (κ3) is 4.13. The molecule has 0 fully saturated rings. The van der Waals surface area contributed by atoms with Crippen molar-refractivity contribution in [2.45, 2.75) is 39.7 Å². The van der Waals surface area contributed by atoms with Crippen molar-refractivity contribution in [2.75, 3.05) is 17.3 Å². The highest BCUT2D eigenvalue weighted by atomic mass is 35.5. The van der Waals surface area contributed by atoms with Gasteiger partial charge in [-0.3, -0.25) is 4.79 Å². The zero-order valence-electron chi connectivity index (χ0n) is 18.0. The van der Waals surface area contributed by atoms with Crippen LogP contribution in [0.3, 0.4) is 0 Å². The molecule has 1 aliphatic rings. The number of nitrogens with one attached hydrogen (secondary N) is 1. The number of hydrogen-bond donors (Lipinski definition) is 1. The minimum absolute atomic E-state index is 0.00822. The largest absolute Gasteiger partial charge is 0.365 e. The number of rotatable bonds is 4. The van der Waals surface area contributed by atoms with Gasteiger partial charge in [-0.1, -0.05) is 42.8 Å². The molecule has 4 nitrogen and oxygen atoms in total. The summed E-state index contributed by atoms with van der Waals surface area (Å²) in [6.07, 6.45) is 4.55. The molecule has 1 N–H and O–H groups in total. The van der Waals surface area contributed by atoms with Crippen LogP contribution in [0.4, 0.5) is 11.4 Å². The minimum Gasteiger partial charge on any atom is -0.365 e. The Morgan fingerprint density at radius 3 is 2.67 bits per heavy atom. The molecule has 0 saturated carbocycles. The van der Waals surface area contributed by atoms with E-state index in [1.165, 1.54) is 0 Å². The first-order valence-electron chi connectivity index (χ1n) is 9.96. The zero-order chi connectivity index (χ0) is 22.1. The highest BCUT2D eigenvalue weighted by Gasteiger charge is 2.29. The van der Waals surface area contributed by atoms with Gasteiger partial charge in [0.15, 0.2) is 0 Å². The van der Waals surface area contributed by atoms with Gasteiger partial charge < -0.3 is 10.2 Å². The number of fused-ring (bicyclic) bond motifs is 1. The van der Waals surface area contributed by atoms with Crippen molar-refractivity contribution in [1.82, 2.24) is 0 Å². The number of nitrogens with zero attached hydrogens (tertiary/aromatic N) is 2. The van der Waals surface area contributed by atoms with E-state index in [0.29, 0.717) is 16.3 Å². The van der Waals surface area contributed by atoms with Crippen LogP contribution in [0.5, 0.6) is 0 Å². The Balaban J connectivity index is 1.98. The van der Waals surface area contributed by atoms with Gasteiger partial charge in [-0.05, 0) is 68.2 Å². The molecule has 0 aliphatic carbocycles. The Hall–Kier alpha value is -3.03. The van der Waals surface area contributed by atoms with E-state index in [-0.39, 0.29) is 11.1 Å². The number of amides is 1. The number of aryl methyl sites for hydroxylation is 1. The standard InChI is InChI=1S/C25H26ClN3O/c1-6-17-9-7-8-10-22(17)28-24(30)19(15-27)11-18-12-20-16(2)14-25(3,4)29(5)23(20)13-21(18)26/h7-14H,6H2,1-5H3,(H,28,30)/b19-11+. The van der Waals surface area contributed by atoms with Crippen LogP contribution in [0.25, 0.3) is 11.6 Å². The average Bonchev–Trinajstić information content (AvgIpc) is 2.71. The second-order valence-corrected chi connectivity index (χ2v) is 8.47. The van der Waals surface area contributed by atoms with Crippen molar-refractivity contribution in [1.29, 1.82) is 5.26 Å². The topological polar surface area (TPSA) is 56.1 Å². The van der Waals surface area contributed by atoms with Crippen LogP contribution in [-0.4, -0.2) is 18.5 Å². The maximum Gasteiger partial charge on any atom is 0.266 e. The summed E-state index contributed by atoms with van der Waals surface area (Å²) in [5.74, 6) is -0.447. The Labute approximate surface area is 183 Å². The lowest BCUT2D eigenvalue weighted by molar-refractivity contribution is -0.112. The fourth-order valence-electron chi connectivity index (χ4n) is 3.74. The summed E-state index contributed by atoms with van der Waals surface area (Å²) in [4.78, 5) is 14.9. The van der Waals surface area contributed by atoms with Gasteiger partial charge in [-0.2, -0.15) is 5.26 Å². The van der Waals surface area contributed by atoms with Gasteiger partial charge in [0.2, 0.25) is 0 Å². The summed E-state index contributed by atoms with van der Waals surface area (Å²) in [7, 11) is 2.03. The van der Waals surface area contributed by atoms with Crippen LogP contribution in [-0.2, 0) is 11.2 Å². The van der Waals surface area contributed by atoms with E-state index in [2.05, 4.69) is 37.1 Å². The number of hydrogen-bond acceptors (Lipinski definition) is 3. The van der Waals surface area contributed by atoms with Crippen LogP contribution in [0.15, 0.2) is 48.0 Å². The van der Waals surface area contributed by atoms with E-state index in [0.717, 1.165) is 28.8 Å². The Kier molecular flexibility index (Phi) is 6.05. The summed E-state index contributed by atoms with van der Waals surface area (Å²) in [6, 6.07) is 13.4. The van der Waals surface area contributed by atoms with Crippen molar-refractivity contribution < 1.29 is 4.79 Å². The first kappa shape index (κ1) is 21.7. The van der Waals surface area contributed by atoms with E-state index in [4.69, 9.17) is 11.6 Å². The van der Waals surface area contributed by atoms with Crippen molar-refractivity contribution in [2.24, 2.45) is 0 Å². The third-order valence-electron chi connectivity index (χ3n) is 5.65. The number of anilines is 2. The summed E-state index contributed by atoms with van der Waals surface area (Å²) in [5.41, 5.74) is 5.47. The van der Waals surface area contributed by atoms with Gasteiger partial charge in [-0.15, -0.1) is 0 Å². The number of carbonyl (C=O) groups excluding carboxylic acids is 1. The number of carbonyl (C=O) groups is 1. The molecule has 0 radical (unpaired) electrons. The van der Waals surface area contributed by atoms with Gasteiger partial charge in [0.25, 0.3) is 5.91 Å². The maximum absolute atomic E-state index is 12.8. The zero-order valence-corrected chi connectivity index (χ0v) is 18.8. The van der Waals surface area contributed by atoms with E-state index < -0.39 is 5.91 Å². The second kappa shape index (κ2) is 8.38. The van der Waals surface area contributed by atoms with Crippen LogP contribution < -0.4 is 10.2 Å². The molecule has 3 rings (SSSR count). The number of benzene rings is 2. The van der Waals surface area contributed by atoms with E-state index in [9.17, 15) is 10.1 Å². The summed E-state index contributed by atoms with van der Waals surface area (Å²) >= 11 is 6.55. The number of halogens is 1. The number of likely N-dealkylation sites (N-methyl/N-ethyl adjacent to an activating group) is 1. The van der Waals surface area contributed by atoms with Gasteiger partial charge >= 0.3 is 0 Å². The normalized spacial score (nSPS) is 15.2. The third-order valence-corrected chi connectivity index (χ3v) is 5.97. The van der Waals surface area contributed by atoms with Gasteiger partial charge in [0, 0.05) is 29.0 Å². The molecular weight excluding hydrogens is 394 g/mol. The SMILES string of the molecule is CCc1ccccc1NC(=O)/C(C#N)=C/c1cc2c(cc1Cl)N(C)C(C)(C)C=C2C. The molecule has 0 unspecified atom stereocenters. The predicted molar refractivity (Wildman–Crippen MR) is 126 cm³/mol. The quantitative estimate of drug-likeness (QED) is 0.482. The van der Waals surface area contributed by atoms with Crippen molar-refractivity contribution in [3.05, 3.63) is 69.8 Å². The minimum atomic E-state index is -0.447. The smallest absolute Gasteiger partial charge is 0.266 e. The van der Waals surface area contributed by atoms with Gasteiger partial charge in [0.1, 0.15) is 11.6 Å². The van der Waals surface area contributed by atoms with Crippen molar-refractivity contribution in [3.8, 4) is 6.07 Å². The molecule has 0 spiro atoms. The molecule has 5 heteroatoms. The molecular formula is C25H26ClN3O. The molecule has 30 heavy (non-hydrogen) atoms. The van der Waals surface area contributed by atoms with E-state index in [1.54, 1.807) is 6.08 Å². The van der Waals surface area contributed by atoms with Crippen molar-refractivity contribution >= 4 is 40.5 Å². The molecule has 1 amide bonds. The summed E-state index contributed by atoms with van der Waals surface area (Å²) in [6.45, 7) is 8.38. The van der Waals surface area contributed by atoms with E-state index >= 15 is 0 Å². The number of allylic oxidation sites excluding steroid dienone is 1. The summed E-state index contributed by atoms with van der Waals surface area (Å²) < 4.78 is 0. The van der Waals surface area contributed by atoms with Crippen molar-refractivity contribution in [3.63, 3.8) is 0 Å². The molecule has 2 aromatic rings. The Bertz CT molecular complexity index is 1110. The maximum atomic E-state index is 12.8. The summed E-state index contributed by atoms with van der Waals surface area (Å²) in [5, 5.41) is 13.0. The Morgan fingerprint density at radius 2 is 2.00 bits per heavy atom. The molecule has 0 atom stereocenters. The molecule has 0 saturated heterocycles. The number of para-hydroxylation sites is 1. The molecule has 1 aliphatic heterocycles.